The number of nitrogen functional groups attached to an aromatic ring is 2. The standard InChI is InChI=1S/C23H18Cl4N6O/c24-15-16(25)18(27)20-19(17(15)26)32(9-11-1-5-13(6-2-11)21(28)29)23(34)33(20)10-12-3-7-14(8-4-12)22(30)31/h1-8H,9-10H2,(H3,28,29)(H3,30,31). The Hall–Kier alpha value is -2.97. The van der Waals surface area contributed by atoms with Gasteiger partial charge in [-0.15, -0.1) is 0 Å². The summed E-state index contributed by atoms with van der Waals surface area (Å²) in [6.07, 6.45) is 0. The quantitative estimate of drug-likeness (QED) is 0.119. The van der Waals surface area contributed by atoms with Crippen LogP contribution in [0.1, 0.15) is 22.3 Å². The zero-order chi connectivity index (χ0) is 24.7. The van der Waals surface area contributed by atoms with Crippen LogP contribution >= 0.6 is 46.4 Å². The van der Waals surface area contributed by atoms with Gasteiger partial charge in [-0.3, -0.25) is 20.0 Å². The van der Waals surface area contributed by atoms with E-state index in [0.29, 0.717) is 22.2 Å². The molecule has 0 fully saturated rings. The van der Waals surface area contributed by atoms with Crippen LogP contribution in [0, 0.1) is 10.8 Å². The molecule has 0 unspecified atom stereocenters. The number of benzene rings is 3. The smallest absolute Gasteiger partial charge is 0.329 e. The van der Waals surface area contributed by atoms with E-state index in [1.165, 1.54) is 9.13 Å². The fourth-order valence-electron chi connectivity index (χ4n) is 3.68. The number of halogens is 4. The first kappa shape index (κ1) is 24.2. The minimum Gasteiger partial charge on any atom is -0.384 e. The largest absolute Gasteiger partial charge is 0.384 e. The molecule has 0 amide bonds. The molecule has 34 heavy (non-hydrogen) atoms. The molecule has 0 radical (unpaired) electrons. The predicted octanol–water partition coefficient (Wildman–Crippen LogP) is 5.08. The van der Waals surface area contributed by atoms with E-state index in [-0.39, 0.29) is 50.5 Å². The van der Waals surface area contributed by atoms with E-state index in [1.807, 2.05) is 0 Å². The van der Waals surface area contributed by atoms with Crippen molar-refractivity contribution in [3.8, 4) is 0 Å². The van der Waals surface area contributed by atoms with Crippen LogP contribution in [0.4, 0.5) is 0 Å². The summed E-state index contributed by atoms with van der Waals surface area (Å²) in [6.45, 7) is 0.357. The van der Waals surface area contributed by atoms with Crippen LogP contribution in [-0.2, 0) is 13.1 Å². The second kappa shape index (κ2) is 9.35. The molecule has 1 aromatic heterocycles. The Morgan fingerprint density at radius 2 is 0.971 bits per heavy atom. The highest BCUT2D eigenvalue weighted by Gasteiger charge is 2.24. The monoisotopic (exact) mass is 534 g/mol. The van der Waals surface area contributed by atoms with E-state index in [4.69, 9.17) is 68.7 Å². The second-order valence-electron chi connectivity index (χ2n) is 7.63. The van der Waals surface area contributed by atoms with Gasteiger partial charge < -0.3 is 11.5 Å². The zero-order valence-electron chi connectivity index (χ0n) is 17.5. The number of amidine groups is 2. The predicted molar refractivity (Wildman–Crippen MR) is 139 cm³/mol. The summed E-state index contributed by atoms with van der Waals surface area (Å²) in [4.78, 5) is 13.6. The number of rotatable bonds is 6. The highest BCUT2D eigenvalue weighted by molar-refractivity contribution is 6.55. The minimum absolute atomic E-state index is 0.0487. The molecule has 174 valence electrons. The van der Waals surface area contributed by atoms with Crippen molar-refractivity contribution in [3.05, 3.63) is 101 Å². The van der Waals surface area contributed by atoms with Crippen LogP contribution in [0.5, 0.6) is 0 Å². The van der Waals surface area contributed by atoms with Gasteiger partial charge in [0.25, 0.3) is 0 Å². The lowest BCUT2D eigenvalue weighted by Gasteiger charge is -2.10. The van der Waals surface area contributed by atoms with Crippen molar-refractivity contribution >= 4 is 69.1 Å². The zero-order valence-corrected chi connectivity index (χ0v) is 20.5. The molecule has 1 heterocycles. The summed E-state index contributed by atoms with van der Waals surface area (Å²) >= 11 is 25.7. The Balaban J connectivity index is 1.89. The van der Waals surface area contributed by atoms with Gasteiger partial charge >= 0.3 is 5.69 Å². The maximum atomic E-state index is 13.6. The van der Waals surface area contributed by atoms with Crippen LogP contribution in [-0.4, -0.2) is 20.8 Å². The molecular formula is C23H18Cl4N6O. The number of nitrogens with one attached hydrogen (secondary N) is 2. The molecule has 0 aliphatic heterocycles. The lowest BCUT2D eigenvalue weighted by Crippen LogP contribution is -2.25. The lowest BCUT2D eigenvalue weighted by atomic mass is 10.1. The van der Waals surface area contributed by atoms with Crippen LogP contribution in [0.2, 0.25) is 20.1 Å². The van der Waals surface area contributed by atoms with Gasteiger partial charge in [0.2, 0.25) is 0 Å². The third-order valence-electron chi connectivity index (χ3n) is 5.43. The summed E-state index contributed by atoms with van der Waals surface area (Å²) in [5.41, 5.74) is 14.2. The van der Waals surface area contributed by atoms with Crippen LogP contribution in [0.15, 0.2) is 53.3 Å². The fraction of sp³-hybridized carbons (Fsp3) is 0.0870. The first-order valence-electron chi connectivity index (χ1n) is 9.91. The number of hydrogen-bond acceptors (Lipinski definition) is 3. The van der Waals surface area contributed by atoms with E-state index in [0.717, 1.165) is 11.1 Å². The van der Waals surface area contributed by atoms with Gasteiger partial charge in [0, 0.05) is 11.1 Å². The molecule has 7 nitrogen and oxygen atoms in total. The van der Waals surface area contributed by atoms with Crippen LogP contribution < -0.4 is 17.2 Å². The van der Waals surface area contributed by atoms with E-state index < -0.39 is 0 Å². The van der Waals surface area contributed by atoms with Crippen molar-refractivity contribution in [3.63, 3.8) is 0 Å². The van der Waals surface area contributed by atoms with Crippen molar-refractivity contribution in [2.75, 3.05) is 0 Å². The van der Waals surface area contributed by atoms with Crippen LogP contribution in [0.25, 0.3) is 11.0 Å². The third-order valence-corrected chi connectivity index (χ3v) is 7.21. The molecule has 4 rings (SSSR count). The maximum absolute atomic E-state index is 13.6. The van der Waals surface area contributed by atoms with E-state index in [2.05, 4.69) is 0 Å². The Morgan fingerprint density at radius 1 is 0.647 bits per heavy atom. The lowest BCUT2D eigenvalue weighted by molar-refractivity contribution is 0.701. The molecule has 4 aromatic rings. The number of imidazole rings is 1. The average molecular weight is 536 g/mol. The highest BCUT2D eigenvalue weighted by Crippen LogP contribution is 2.43. The Kier molecular flexibility index (Phi) is 6.64. The SMILES string of the molecule is N=C(N)c1ccc(Cn2c(=O)n(Cc3ccc(C(=N)N)cc3)c3c(Cl)c(Cl)c(Cl)c(Cl)c32)cc1. The summed E-state index contributed by atoms with van der Waals surface area (Å²) in [7, 11) is 0. The van der Waals surface area contributed by atoms with Crippen molar-refractivity contribution in [1.29, 1.82) is 10.8 Å². The summed E-state index contributed by atoms with van der Waals surface area (Å²) < 4.78 is 2.97. The Labute approximate surface area is 214 Å². The first-order valence-corrected chi connectivity index (χ1v) is 11.4. The van der Waals surface area contributed by atoms with Crippen molar-refractivity contribution in [2.24, 2.45) is 11.5 Å². The Morgan fingerprint density at radius 3 is 1.26 bits per heavy atom. The summed E-state index contributed by atoms with van der Waals surface area (Å²) in [5, 5.41) is 15.5. The number of nitrogens with zero attached hydrogens (tertiary/aromatic N) is 2. The van der Waals surface area contributed by atoms with E-state index in [1.54, 1.807) is 48.5 Å². The van der Waals surface area contributed by atoms with E-state index >= 15 is 0 Å². The van der Waals surface area contributed by atoms with Crippen molar-refractivity contribution < 1.29 is 0 Å². The Bertz CT molecular complexity index is 1390. The van der Waals surface area contributed by atoms with Gasteiger partial charge in [0.05, 0.1) is 44.2 Å². The topological polar surface area (TPSA) is 127 Å². The van der Waals surface area contributed by atoms with Crippen molar-refractivity contribution in [2.45, 2.75) is 13.1 Å². The molecule has 11 heteroatoms. The highest BCUT2D eigenvalue weighted by atomic mass is 35.5. The van der Waals surface area contributed by atoms with Gasteiger partial charge in [-0.05, 0) is 11.1 Å². The van der Waals surface area contributed by atoms with Gasteiger partial charge in [-0.25, -0.2) is 4.79 Å². The molecule has 0 saturated heterocycles. The number of aromatic nitrogens is 2. The maximum Gasteiger partial charge on any atom is 0.329 e. The first-order chi connectivity index (χ1) is 16.1. The molecular weight excluding hydrogens is 518 g/mol. The number of nitrogens with two attached hydrogens (primary N) is 2. The van der Waals surface area contributed by atoms with E-state index in [9.17, 15) is 4.79 Å². The third kappa shape index (κ3) is 4.28. The molecule has 3 aromatic carbocycles. The molecule has 6 N–H and O–H groups in total. The molecule has 0 aliphatic rings. The van der Waals surface area contributed by atoms with Crippen molar-refractivity contribution in [1.82, 2.24) is 9.13 Å². The minimum atomic E-state index is -0.358. The van der Waals surface area contributed by atoms with Gasteiger partial charge in [0.1, 0.15) is 11.7 Å². The second-order valence-corrected chi connectivity index (χ2v) is 9.14. The average Bonchev–Trinajstić information content (AvgIpc) is 3.08. The van der Waals surface area contributed by atoms with Gasteiger partial charge in [-0.2, -0.15) is 0 Å². The van der Waals surface area contributed by atoms with Gasteiger partial charge in [0.15, 0.2) is 0 Å². The summed E-state index contributed by atoms with van der Waals surface area (Å²) in [6, 6.07) is 13.9. The molecule has 0 atom stereocenters. The molecule has 0 bridgehead atoms. The molecule has 0 spiro atoms. The molecule has 0 aliphatic carbocycles. The summed E-state index contributed by atoms with van der Waals surface area (Å²) in [5.74, 6) is -0.0975. The normalized spacial score (nSPS) is 11.2. The van der Waals surface area contributed by atoms with Gasteiger partial charge in [-0.1, -0.05) is 94.9 Å². The number of fused-ring (bicyclic) bond motifs is 1. The van der Waals surface area contributed by atoms with Crippen LogP contribution in [0.3, 0.4) is 0 Å². The molecule has 0 saturated carbocycles. The fourth-order valence-corrected chi connectivity index (χ4v) is 4.71. The number of hydrogen-bond donors (Lipinski definition) is 4.